The first-order valence-corrected chi connectivity index (χ1v) is 9.65. The Labute approximate surface area is 173 Å². The summed E-state index contributed by atoms with van der Waals surface area (Å²) in [6, 6.07) is 11.7. The lowest BCUT2D eigenvalue weighted by atomic mass is 10.1. The standard InChI is InChI=1S/C22H22FN3O4/c1-28-18-7-6-14(10-19(18)29-2)8-9-26-13-16(12-20(26)27)21-24-22(30-25-21)15-4-3-5-17(23)11-15/h3-7,10-11,16H,8-9,12-13H2,1-2H3. The van der Waals surface area contributed by atoms with E-state index in [1.54, 1.807) is 31.3 Å². The van der Waals surface area contributed by atoms with E-state index in [0.29, 0.717) is 48.8 Å². The summed E-state index contributed by atoms with van der Waals surface area (Å²) >= 11 is 0. The quantitative estimate of drug-likeness (QED) is 0.593. The van der Waals surface area contributed by atoms with Crippen molar-refractivity contribution in [3.63, 3.8) is 0 Å². The number of halogens is 1. The largest absolute Gasteiger partial charge is 0.493 e. The zero-order valence-electron chi connectivity index (χ0n) is 16.8. The van der Waals surface area contributed by atoms with Gasteiger partial charge in [-0.1, -0.05) is 17.3 Å². The fourth-order valence-corrected chi connectivity index (χ4v) is 3.60. The van der Waals surface area contributed by atoms with E-state index in [-0.39, 0.29) is 23.5 Å². The maximum absolute atomic E-state index is 13.4. The summed E-state index contributed by atoms with van der Waals surface area (Å²) in [5.41, 5.74) is 1.57. The Balaban J connectivity index is 1.40. The lowest BCUT2D eigenvalue weighted by molar-refractivity contribution is -0.127. The summed E-state index contributed by atoms with van der Waals surface area (Å²) in [5, 5.41) is 4.02. The molecule has 7 nitrogen and oxygen atoms in total. The highest BCUT2D eigenvalue weighted by atomic mass is 19.1. The van der Waals surface area contributed by atoms with Crippen LogP contribution in [0.3, 0.4) is 0 Å². The lowest BCUT2D eigenvalue weighted by Gasteiger charge is -2.16. The van der Waals surface area contributed by atoms with E-state index < -0.39 is 0 Å². The average molecular weight is 411 g/mol. The van der Waals surface area contributed by atoms with Crippen LogP contribution in [0.15, 0.2) is 47.0 Å². The Morgan fingerprint density at radius 1 is 1.17 bits per heavy atom. The minimum Gasteiger partial charge on any atom is -0.493 e. The highest BCUT2D eigenvalue weighted by molar-refractivity contribution is 5.79. The van der Waals surface area contributed by atoms with Crippen LogP contribution >= 0.6 is 0 Å². The number of methoxy groups -OCH3 is 2. The normalized spacial score (nSPS) is 16.2. The maximum atomic E-state index is 13.4. The monoisotopic (exact) mass is 411 g/mol. The van der Waals surface area contributed by atoms with Crippen molar-refractivity contribution in [2.45, 2.75) is 18.8 Å². The van der Waals surface area contributed by atoms with E-state index in [9.17, 15) is 9.18 Å². The molecule has 1 aliphatic rings. The minimum absolute atomic E-state index is 0.0533. The van der Waals surface area contributed by atoms with E-state index in [2.05, 4.69) is 10.1 Å². The number of carbonyl (C=O) groups excluding carboxylic acids is 1. The number of amides is 1. The van der Waals surface area contributed by atoms with Crippen molar-refractivity contribution in [2.24, 2.45) is 0 Å². The Kier molecular flexibility index (Phi) is 5.65. The molecule has 156 valence electrons. The number of carbonyl (C=O) groups is 1. The van der Waals surface area contributed by atoms with Crippen LogP contribution in [-0.4, -0.2) is 48.3 Å². The van der Waals surface area contributed by atoms with Crippen molar-refractivity contribution in [2.75, 3.05) is 27.3 Å². The Morgan fingerprint density at radius 3 is 2.77 bits per heavy atom. The van der Waals surface area contributed by atoms with Gasteiger partial charge in [0.2, 0.25) is 5.91 Å². The zero-order chi connectivity index (χ0) is 21.1. The SMILES string of the molecule is COc1ccc(CCN2CC(c3noc(-c4cccc(F)c4)n3)CC2=O)cc1OC. The van der Waals surface area contributed by atoms with E-state index in [1.165, 1.54) is 12.1 Å². The summed E-state index contributed by atoms with van der Waals surface area (Å²) in [6.07, 6.45) is 1.02. The lowest BCUT2D eigenvalue weighted by Crippen LogP contribution is -2.27. The topological polar surface area (TPSA) is 77.7 Å². The van der Waals surface area contributed by atoms with Crippen LogP contribution in [0.5, 0.6) is 11.5 Å². The number of rotatable bonds is 7. The summed E-state index contributed by atoms with van der Waals surface area (Å²) < 4.78 is 29.3. The molecular weight excluding hydrogens is 389 g/mol. The molecule has 0 aliphatic carbocycles. The van der Waals surface area contributed by atoms with Gasteiger partial charge in [-0.3, -0.25) is 4.79 Å². The predicted octanol–water partition coefficient (Wildman–Crippen LogP) is 3.45. The highest BCUT2D eigenvalue weighted by Gasteiger charge is 2.33. The molecule has 1 saturated heterocycles. The van der Waals surface area contributed by atoms with Crippen molar-refractivity contribution >= 4 is 5.91 Å². The molecule has 2 heterocycles. The van der Waals surface area contributed by atoms with Crippen LogP contribution < -0.4 is 9.47 Å². The molecule has 1 amide bonds. The zero-order valence-corrected chi connectivity index (χ0v) is 16.8. The summed E-state index contributed by atoms with van der Waals surface area (Å²) in [5.74, 6) is 1.59. The van der Waals surface area contributed by atoms with Crippen LogP contribution in [0.1, 0.15) is 23.7 Å². The van der Waals surface area contributed by atoms with Crippen LogP contribution in [0.4, 0.5) is 4.39 Å². The Bertz CT molecular complexity index is 1050. The summed E-state index contributed by atoms with van der Waals surface area (Å²) in [7, 11) is 3.19. The van der Waals surface area contributed by atoms with Crippen molar-refractivity contribution in [1.82, 2.24) is 15.0 Å². The molecule has 1 aromatic heterocycles. The van der Waals surface area contributed by atoms with Gasteiger partial charge in [0.1, 0.15) is 5.82 Å². The third kappa shape index (κ3) is 4.12. The van der Waals surface area contributed by atoms with E-state index in [4.69, 9.17) is 14.0 Å². The van der Waals surface area contributed by atoms with Crippen molar-refractivity contribution in [3.05, 3.63) is 59.7 Å². The Morgan fingerprint density at radius 2 is 2.00 bits per heavy atom. The molecule has 0 saturated carbocycles. The molecule has 1 fully saturated rings. The van der Waals surface area contributed by atoms with Crippen LogP contribution in [-0.2, 0) is 11.2 Å². The van der Waals surface area contributed by atoms with Gasteiger partial charge in [-0.25, -0.2) is 4.39 Å². The molecular formula is C22H22FN3O4. The number of ether oxygens (including phenoxy) is 2. The number of likely N-dealkylation sites (tertiary alicyclic amines) is 1. The molecule has 1 aliphatic heterocycles. The van der Waals surface area contributed by atoms with Gasteiger partial charge in [0.15, 0.2) is 17.3 Å². The number of nitrogens with zero attached hydrogens (tertiary/aromatic N) is 3. The molecule has 0 radical (unpaired) electrons. The van der Waals surface area contributed by atoms with Gasteiger partial charge in [-0.2, -0.15) is 4.98 Å². The summed E-state index contributed by atoms with van der Waals surface area (Å²) in [4.78, 5) is 18.7. The van der Waals surface area contributed by atoms with Crippen LogP contribution in [0, 0.1) is 5.82 Å². The number of hydrogen-bond acceptors (Lipinski definition) is 6. The number of benzene rings is 2. The average Bonchev–Trinajstić information content (AvgIpc) is 3.39. The molecule has 2 aromatic carbocycles. The van der Waals surface area contributed by atoms with Crippen LogP contribution in [0.2, 0.25) is 0 Å². The molecule has 0 N–H and O–H groups in total. The maximum Gasteiger partial charge on any atom is 0.258 e. The molecule has 0 bridgehead atoms. The first kappa shape index (κ1) is 19.9. The second-order valence-corrected chi connectivity index (χ2v) is 7.15. The van der Waals surface area contributed by atoms with E-state index >= 15 is 0 Å². The predicted molar refractivity (Wildman–Crippen MR) is 107 cm³/mol. The van der Waals surface area contributed by atoms with E-state index in [0.717, 1.165) is 5.56 Å². The van der Waals surface area contributed by atoms with Crippen molar-refractivity contribution in [3.8, 4) is 23.0 Å². The van der Waals surface area contributed by atoms with Gasteiger partial charge in [0, 0.05) is 31.0 Å². The van der Waals surface area contributed by atoms with E-state index in [1.807, 2.05) is 18.2 Å². The van der Waals surface area contributed by atoms with Gasteiger partial charge in [-0.15, -0.1) is 0 Å². The third-order valence-corrected chi connectivity index (χ3v) is 5.21. The molecule has 1 atom stereocenters. The smallest absolute Gasteiger partial charge is 0.258 e. The molecule has 30 heavy (non-hydrogen) atoms. The number of hydrogen-bond donors (Lipinski definition) is 0. The fourth-order valence-electron chi connectivity index (χ4n) is 3.60. The van der Waals surface area contributed by atoms with Crippen molar-refractivity contribution in [1.29, 1.82) is 0 Å². The van der Waals surface area contributed by atoms with Gasteiger partial charge in [-0.05, 0) is 42.3 Å². The molecule has 1 unspecified atom stereocenters. The van der Waals surface area contributed by atoms with Gasteiger partial charge >= 0.3 is 0 Å². The third-order valence-electron chi connectivity index (χ3n) is 5.21. The first-order valence-electron chi connectivity index (χ1n) is 9.65. The van der Waals surface area contributed by atoms with Gasteiger partial charge in [0.25, 0.3) is 5.89 Å². The van der Waals surface area contributed by atoms with Crippen LogP contribution in [0.25, 0.3) is 11.5 Å². The highest BCUT2D eigenvalue weighted by Crippen LogP contribution is 2.30. The Hall–Kier alpha value is -3.42. The van der Waals surface area contributed by atoms with Gasteiger partial charge in [0.05, 0.1) is 14.2 Å². The second-order valence-electron chi connectivity index (χ2n) is 7.15. The molecule has 3 aromatic rings. The van der Waals surface area contributed by atoms with Crippen molar-refractivity contribution < 1.29 is 23.2 Å². The number of aromatic nitrogens is 2. The fraction of sp³-hybridized carbons (Fsp3) is 0.318. The molecule has 4 rings (SSSR count). The van der Waals surface area contributed by atoms with Gasteiger partial charge < -0.3 is 18.9 Å². The molecule has 0 spiro atoms. The first-order chi connectivity index (χ1) is 14.6. The minimum atomic E-state index is -0.371. The summed E-state index contributed by atoms with van der Waals surface area (Å²) in [6.45, 7) is 1.10. The molecule has 8 heteroatoms. The second kappa shape index (κ2) is 8.52.